The molecule has 9 heteroatoms. The summed E-state index contributed by atoms with van der Waals surface area (Å²) in [6.45, 7) is 3.46. The molecule has 0 aliphatic carbocycles. The van der Waals surface area contributed by atoms with Gasteiger partial charge in [0.25, 0.3) is 11.5 Å². The van der Waals surface area contributed by atoms with Crippen molar-refractivity contribution in [3.63, 3.8) is 0 Å². The second kappa shape index (κ2) is 8.99. The smallest absolute Gasteiger partial charge is 0.330 e. The molecule has 33 heavy (non-hydrogen) atoms. The first kappa shape index (κ1) is 21.8. The number of nitrogens with two attached hydrogens (primary N) is 1. The molecule has 2 aromatic heterocycles. The van der Waals surface area contributed by atoms with Crippen LogP contribution in [0.3, 0.4) is 0 Å². The van der Waals surface area contributed by atoms with Crippen LogP contribution in [0.4, 0.5) is 11.5 Å². The summed E-state index contributed by atoms with van der Waals surface area (Å²) in [4.78, 5) is 42.8. The van der Waals surface area contributed by atoms with E-state index < -0.39 is 17.2 Å². The lowest BCUT2D eigenvalue weighted by Gasteiger charge is -2.24. The first-order chi connectivity index (χ1) is 15.9. The van der Waals surface area contributed by atoms with E-state index in [0.29, 0.717) is 11.5 Å². The Morgan fingerprint density at radius 1 is 1.03 bits per heavy atom. The van der Waals surface area contributed by atoms with Crippen LogP contribution in [0.15, 0.2) is 74.8 Å². The zero-order valence-corrected chi connectivity index (χ0v) is 18.2. The Kier molecular flexibility index (Phi) is 5.95. The molecule has 0 fully saturated rings. The lowest BCUT2D eigenvalue weighted by atomic mass is 10.1. The fraction of sp³-hybridized carbons (Fsp3) is 0.167. The second-order valence-electron chi connectivity index (χ2n) is 7.64. The van der Waals surface area contributed by atoms with E-state index in [1.807, 2.05) is 60.7 Å². The number of aromatic amines is 1. The molecule has 168 valence electrons. The number of aromatic nitrogens is 3. The van der Waals surface area contributed by atoms with Crippen LogP contribution in [-0.2, 0) is 13.1 Å². The van der Waals surface area contributed by atoms with Crippen LogP contribution in [0.25, 0.3) is 0 Å². The average molecular weight is 445 g/mol. The maximum absolute atomic E-state index is 13.6. The minimum atomic E-state index is -0.752. The normalized spacial score (nSPS) is 10.8. The van der Waals surface area contributed by atoms with Crippen molar-refractivity contribution >= 4 is 17.4 Å². The van der Waals surface area contributed by atoms with Crippen molar-refractivity contribution < 1.29 is 9.32 Å². The van der Waals surface area contributed by atoms with Gasteiger partial charge in [0.2, 0.25) is 0 Å². The topological polar surface area (TPSA) is 127 Å². The number of hydrogen-bond acceptors (Lipinski definition) is 6. The summed E-state index contributed by atoms with van der Waals surface area (Å²) in [5.74, 6) is -0.288. The minimum absolute atomic E-state index is 0.0561. The Bertz CT molecular complexity index is 1390. The lowest BCUT2D eigenvalue weighted by Crippen LogP contribution is -2.41. The molecule has 0 radical (unpaired) electrons. The van der Waals surface area contributed by atoms with Gasteiger partial charge in [0.15, 0.2) is 5.69 Å². The Labute approximate surface area is 189 Å². The molecule has 0 unspecified atom stereocenters. The number of carbonyl (C=O) groups excluding carboxylic acids is 1. The molecule has 0 aliphatic heterocycles. The standard InChI is InChI=1S/C24H23N5O4/c1-15-19(16(2)33-27-15)23(31)28(13-17-9-5-3-6-10-17)20-21(25)29(24(32)26-22(20)30)14-18-11-7-4-8-12-18/h3-12H,13-14,25H2,1-2H3,(H,26,30,32). The largest absolute Gasteiger partial charge is 0.383 e. The highest BCUT2D eigenvalue weighted by Crippen LogP contribution is 2.25. The quantitative estimate of drug-likeness (QED) is 0.470. The van der Waals surface area contributed by atoms with E-state index >= 15 is 0 Å². The molecule has 0 atom stereocenters. The fourth-order valence-electron chi connectivity index (χ4n) is 3.70. The number of amides is 1. The van der Waals surface area contributed by atoms with E-state index in [9.17, 15) is 14.4 Å². The zero-order valence-electron chi connectivity index (χ0n) is 18.2. The number of benzene rings is 2. The molecule has 0 aliphatic rings. The minimum Gasteiger partial charge on any atom is -0.383 e. The van der Waals surface area contributed by atoms with Crippen molar-refractivity contribution in [2.75, 3.05) is 10.6 Å². The van der Waals surface area contributed by atoms with Gasteiger partial charge in [-0.15, -0.1) is 0 Å². The van der Waals surface area contributed by atoms with E-state index in [0.717, 1.165) is 11.1 Å². The van der Waals surface area contributed by atoms with Crippen LogP contribution in [0.1, 0.15) is 32.9 Å². The van der Waals surface area contributed by atoms with E-state index in [1.54, 1.807) is 13.8 Å². The van der Waals surface area contributed by atoms with Gasteiger partial charge in [-0.25, -0.2) is 4.79 Å². The monoisotopic (exact) mass is 445 g/mol. The van der Waals surface area contributed by atoms with Crippen molar-refractivity contribution in [1.82, 2.24) is 14.7 Å². The van der Waals surface area contributed by atoms with Crippen LogP contribution < -0.4 is 21.9 Å². The number of H-pyrrole nitrogens is 1. The van der Waals surface area contributed by atoms with Gasteiger partial charge in [-0.05, 0) is 25.0 Å². The van der Waals surface area contributed by atoms with E-state index in [2.05, 4.69) is 10.1 Å². The summed E-state index contributed by atoms with van der Waals surface area (Å²) in [5.41, 5.74) is 7.07. The van der Waals surface area contributed by atoms with Gasteiger partial charge in [-0.2, -0.15) is 0 Å². The molecular formula is C24H23N5O4. The van der Waals surface area contributed by atoms with Gasteiger partial charge < -0.3 is 10.3 Å². The van der Waals surface area contributed by atoms with E-state index in [1.165, 1.54) is 9.47 Å². The summed E-state index contributed by atoms with van der Waals surface area (Å²) in [6.07, 6.45) is 0. The van der Waals surface area contributed by atoms with Gasteiger partial charge in [0.1, 0.15) is 17.1 Å². The van der Waals surface area contributed by atoms with Crippen LogP contribution in [0, 0.1) is 13.8 Å². The van der Waals surface area contributed by atoms with Crippen LogP contribution in [0.2, 0.25) is 0 Å². The van der Waals surface area contributed by atoms with Gasteiger partial charge >= 0.3 is 5.69 Å². The zero-order chi connectivity index (χ0) is 23.5. The van der Waals surface area contributed by atoms with Crippen molar-refractivity contribution in [1.29, 1.82) is 0 Å². The van der Waals surface area contributed by atoms with Crippen LogP contribution >= 0.6 is 0 Å². The van der Waals surface area contributed by atoms with Crippen molar-refractivity contribution in [2.45, 2.75) is 26.9 Å². The fourth-order valence-corrected chi connectivity index (χ4v) is 3.70. The average Bonchev–Trinajstić information content (AvgIpc) is 3.14. The maximum Gasteiger partial charge on any atom is 0.330 e. The summed E-state index contributed by atoms with van der Waals surface area (Å²) in [5, 5.41) is 3.86. The number of nitrogen functional groups attached to an aromatic ring is 1. The molecule has 2 aromatic carbocycles. The van der Waals surface area contributed by atoms with Gasteiger partial charge in [-0.3, -0.25) is 24.0 Å². The predicted octanol–water partition coefficient (Wildman–Crippen LogP) is 2.62. The Morgan fingerprint density at radius 2 is 1.64 bits per heavy atom. The molecule has 0 spiro atoms. The Morgan fingerprint density at radius 3 is 2.21 bits per heavy atom. The Hall–Kier alpha value is -4.40. The predicted molar refractivity (Wildman–Crippen MR) is 124 cm³/mol. The molecule has 3 N–H and O–H groups in total. The van der Waals surface area contributed by atoms with Crippen LogP contribution in [0.5, 0.6) is 0 Å². The highest BCUT2D eigenvalue weighted by Gasteiger charge is 2.29. The number of carbonyl (C=O) groups is 1. The van der Waals surface area contributed by atoms with E-state index in [4.69, 9.17) is 10.3 Å². The summed E-state index contributed by atoms with van der Waals surface area (Å²) in [7, 11) is 0. The number of aryl methyl sites for hydroxylation is 2. The number of nitrogens with one attached hydrogen (secondary N) is 1. The first-order valence-electron chi connectivity index (χ1n) is 10.3. The molecule has 4 aromatic rings. The summed E-state index contributed by atoms with van der Waals surface area (Å²) >= 11 is 0. The Balaban J connectivity index is 1.87. The van der Waals surface area contributed by atoms with Gasteiger partial charge in [0.05, 0.1) is 18.8 Å². The summed E-state index contributed by atoms with van der Waals surface area (Å²) in [6, 6.07) is 18.4. The molecule has 0 saturated carbocycles. The third-order valence-electron chi connectivity index (χ3n) is 5.34. The third-order valence-corrected chi connectivity index (χ3v) is 5.34. The number of hydrogen-bond donors (Lipinski definition) is 2. The molecule has 1 amide bonds. The molecule has 0 bridgehead atoms. The first-order valence-corrected chi connectivity index (χ1v) is 10.3. The van der Waals surface area contributed by atoms with Crippen LogP contribution in [-0.4, -0.2) is 20.6 Å². The summed E-state index contributed by atoms with van der Waals surface area (Å²) < 4.78 is 6.41. The SMILES string of the molecule is Cc1noc(C)c1C(=O)N(Cc1ccccc1)c1c(N)n(Cc2ccccc2)c(=O)[nH]c1=O. The molecule has 0 saturated heterocycles. The van der Waals surface area contributed by atoms with Crippen molar-refractivity contribution in [3.05, 3.63) is 110 Å². The molecule has 9 nitrogen and oxygen atoms in total. The van der Waals surface area contributed by atoms with Gasteiger partial charge in [0, 0.05) is 0 Å². The second-order valence-corrected chi connectivity index (χ2v) is 7.64. The number of nitrogens with zero attached hydrogens (tertiary/aromatic N) is 3. The van der Waals surface area contributed by atoms with Gasteiger partial charge in [-0.1, -0.05) is 65.8 Å². The highest BCUT2D eigenvalue weighted by atomic mass is 16.5. The molecular weight excluding hydrogens is 422 g/mol. The number of rotatable bonds is 6. The van der Waals surface area contributed by atoms with Crippen molar-refractivity contribution in [2.24, 2.45) is 0 Å². The number of anilines is 2. The third kappa shape index (κ3) is 4.33. The highest BCUT2D eigenvalue weighted by molar-refractivity contribution is 6.08. The molecule has 2 heterocycles. The maximum atomic E-state index is 13.6. The van der Waals surface area contributed by atoms with Crippen molar-refractivity contribution in [3.8, 4) is 0 Å². The van der Waals surface area contributed by atoms with E-state index in [-0.39, 0.29) is 30.2 Å². The molecule has 4 rings (SSSR count). The lowest BCUT2D eigenvalue weighted by molar-refractivity contribution is 0.0982.